The van der Waals surface area contributed by atoms with Crippen LogP contribution in [0.5, 0.6) is 0 Å². The molecule has 2 amide bonds. The summed E-state index contributed by atoms with van der Waals surface area (Å²) in [5.74, 6) is -0.0782. The van der Waals surface area contributed by atoms with Gasteiger partial charge in [0.25, 0.3) is 0 Å². The molecule has 0 aromatic heterocycles. The molecule has 1 fully saturated rings. The Morgan fingerprint density at radius 3 is 2.26 bits per heavy atom. The van der Waals surface area contributed by atoms with Crippen LogP contribution in [0.25, 0.3) is 0 Å². The van der Waals surface area contributed by atoms with Crippen molar-refractivity contribution < 1.29 is 14.3 Å². The van der Waals surface area contributed by atoms with Crippen LogP contribution in [0.3, 0.4) is 0 Å². The average Bonchev–Trinajstić information content (AvgIpc) is 2.60. The molecule has 1 N–H and O–H groups in total. The van der Waals surface area contributed by atoms with Gasteiger partial charge in [-0.3, -0.25) is 4.79 Å². The summed E-state index contributed by atoms with van der Waals surface area (Å²) in [5, 5.41) is 2.60. The third-order valence-electron chi connectivity index (χ3n) is 3.73. The molecule has 23 heavy (non-hydrogen) atoms. The highest BCUT2D eigenvalue weighted by Gasteiger charge is 2.37. The Balaban J connectivity index is 1.41. The van der Waals surface area contributed by atoms with Crippen LogP contribution < -0.4 is 5.32 Å². The highest BCUT2D eigenvalue weighted by Crippen LogP contribution is 2.15. The van der Waals surface area contributed by atoms with Crippen LogP contribution in [0, 0.1) is 0 Å². The van der Waals surface area contributed by atoms with Crippen LogP contribution in [0.2, 0.25) is 0 Å². The van der Waals surface area contributed by atoms with Crippen molar-refractivity contribution in [2.75, 3.05) is 6.54 Å². The van der Waals surface area contributed by atoms with E-state index in [1.165, 1.54) is 0 Å². The SMILES string of the molecule is O=C(N[C@H]1CN(Cc2ccccc2)C1=O)OCc1ccccc1. The number of nitrogens with one attached hydrogen (secondary N) is 1. The summed E-state index contributed by atoms with van der Waals surface area (Å²) in [5.41, 5.74) is 1.99. The highest BCUT2D eigenvalue weighted by atomic mass is 16.5. The first kappa shape index (κ1) is 15.1. The Morgan fingerprint density at radius 1 is 1.04 bits per heavy atom. The van der Waals surface area contributed by atoms with Gasteiger partial charge in [0.15, 0.2) is 0 Å². The second-order valence-corrected chi connectivity index (χ2v) is 5.46. The Hall–Kier alpha value is -2.82. The van der Waals surface area contributed by atoms with Gasteiger partial charge >= 0.3 is 6.09 Å². The van der Waals surface area contributed by atoms with Gasteiger partial charge in [-0.25, -0.2) is 4.79 Å². The van der Waals surface area contributed by atoms with Crippen LogP contribution in [0.15, 0.2) is 60.7 Å². The first-order valence-corrected chi connectivity index (χ1v) is 7.52. The van der Waals surface area contributed by atoms with E-state index in [-0.39, 0.29) is 12.5 Å². The molecular formula is C18H18N2O3. The summed E-state index contributed by atoms with van der Waals surface area (Å²) in [6, 6.07) is 18.7. The first-order chi connectivity index (χ1) is 11.2. The third kappa shape index (κ3) is 3.88. The van der Waals surface area contributed by atoms with E-state index < -0.39 is 12.1 Å². The Labute approximate surface area is 134 Å². The molecule has 1 atom stereocenters. The number of β-lactam (4-membered cyclic amide) rings is 1. The molecule has 3 rings (SSSR count). The highest BCUT2D eigenvalue weighted by molar-refractivity contribution is 5.90. The molecule has 1 aliphatic heterocycles. The normalized spacial score (nSPS) is 16.6. The van der Waals surface area contributed by atoms with Crippen LogP contribution in [0.4, 0.5) is 4.79 Å². The van der Waals surface area contributed by atoms with Gasteiger partial charge in [0.1, 0.15) is 12.6 Å². The second-order valence-electron chi connectivity index (χ2n) is 5.46. The lowest BCUT2D eigenvalue weighted by molar-refractivity contribution is -0.144. The van der Waals surface area contributed by atoms with Crippen molar-refractivity contribution >= 4 is 12.0 Å². The van der Waals surface area contributed by atoms with E-state index in [1.54, 1.807) is 4.90 Å². The summed E-state index contributed by atoms with van der Waals surface area (Å²) >= 11 is 0. The summed E-state index contributed by atoms with van der Waals surface area (Å²) in [6.45, 7) is 1.27. The number of hydrogen-bond acceptors (Lipinski definition) is 3. The molecule has 0 radical (unpaired) electrons. The van der Waals surface area contributed by atoms with Crippen molar-refractivity contribution in [2.24, 2.45) is 0 Å². The molecule has 0 spiro atoms. The standard InChI is InChI=1S/C18H18N2O3/c21-17-16(12-20(17)11-14-7-3-1-4-8-14)19-18(22)23-13-15-9-5-2-6-10-15/h1-10,16H,11-13H2,(H,19,22)/t16-/m0/s1. The van der Waals surface area contributed by atoms with Gasteiger partial charge in [-0.05, 0) is 11.1 Å². The lowest BCUT2D eigenvalue weighted by atomic mass is 10.1. The van der Waals surface area contributed by atoms with Gasteiger partial charge in [0.05, 0.1) is 6.54 Å². The van der Waals surface area contributed by atoms with Crippen LogP contribution in [-0.2, 0) is 22.7 Å². The average molecular weight is 310 g/mol. The summed E-state index contributed by atoms with van der Waals surface area (Å²) in [6.07, 6.45) is -0.563. The molecule has 118 valence electrons. The Bertz CT molecular complexity index is 673. The number of amides is 2. The van der Waals surface area contributed by atoms with E-state index in [4.69, 9.17) is 4.74 Å². The number of likely N-dealkylation sites (tertiary alicyclic amines) is 1. The van der Waals surface area contributed by atoms with Crippen molar-refractivity contribution in [3.63, 3.8) is 0 Å². The van der Waals surface area contributed by atoms with Crippen molar-refractivity contribution in [1.82, 2.24) is 10.2 Å². The smallest absolute Gasteiger partial charge is 0.408 e. The fourth-order valence-electron chi connectivity index (χ4n) is 2.46. The van der Waals surface area contributed by atoms with Crippen molar-refractivity contribution in [3.8, 4) is 0 Å². The number of alkyl carbamates (subject to hydrolysis) is 1. The number of ether oxygens (including phenoxy) is 1. The number of rotatable bonds is 5. The fraction of sp³-hybridized carbons (Fsp3) is 0.222. The minimum Gasteiger partial charge on any atom is -0.445 e. The molecule has 1 heterocycles. The van der Waals surface area contributed by atoms with E-state index in [2.05, 4.69) is 5.32 Å². The summed E-state index contributed by atoms with van der Waals surface area (Å²) < 4.78 is 5.12. The van der Waals surface area contributed by atoms with E-state index in [1.807, 2.05) is 60.7 Å². The van der Waals surface area contributed by atoms with Gasteiger partial charge in [-0.2, -0.15) is 0 Å². The molecule has 5 nitrogen and oxygen atoms in total. The quantitative estimate of drug-likeness (QED) is 0.862. The van der Waals surface area contributed by atoms with E-state index in [0.717, 1.165) is 11.1 Å². The largest absolute Gasteiger partial charge is 0.445 e. The van der Waals surface area contributed by atoms with E-state index in [9.17, 15) is 9.59 Å². The predicted octanol–water partition coefficient (Wildman–Crippen LogP) is 2.32. The van der Waals surface area contributed by atoms with Gasteiger partial charge < -0.3 is 15.0 Å². The maximum Gasteiger partial charge on any atom is 0.408 e. The topological polar surface area (TPSA) is 58.6 Å². The van der Waals surface area contributed by atoms with Gasteiger partial charge in [0.2, 0.25) is 5.91 Å². The Morgan fingerprint density at radius 2 is 1.65 bits per heavy atom. The monoisotopic (exact) mass is 310 g/mol. The molecule has 2 aromatic carbocycles. The zero-order chi connectivity index (χ0) is 16.1. The van der Waals surface area contributed by atoms with Crippen LogP contribution in [-0.4, -0.2) is 29.5 Å². The number of hydrogen-bond donors (Lipinski definition) is 1. The Kier molecular flexibility index (Phi) is 4.57. The molecule has 5 heteroatoms. The lowest BCUT2D eigenvalue weighted by Crippen LogP contribution is -2.63. The molecular weight excluding hydrogens is 292 g/mol. The zero-order valence-corrected chi connectivity index (χ0v) is 12.6. The van der Waals surface area contributed by atoms with Gasteiger partial charge in [0, 0.05) is 6.54 Å². The molecule has 0 unspecified atom stereocenters. The third-order valence-corrected chi connectivity index (χ3v) is 3.73. The number of carbonyl (C=O) groups is 2. The number of carbonyl (C=O) groups excluding carboxylic acids is 2. The second kappa shape index (κ2) is 6.96. The molecule has 1 aliphatic rings. The lowest BCUT2D eigenvalue weighted by Gasteiger charge is -2.38. The molecule has 0 bridgehead atoms. The molecule has 1 saturated heterocycles. The summed E-state index contributed by atoms with van der Waals surface area (Å²) in [4.78, 5) is 25.5. The maximum atomic E-state index is 12.0. The molecule has 0 aliphatic carbocycles. The van der Waals surface area contributed by atoms with Crippen molar-refractivity contribution in [3.05, 3.63) is 71.8 Å². The van der Waals surface area contributed by atoms with Crippen LogP contribution >= 0.6 is 0 Å². The van der Waals surface area contributed by atoms with Gasteiger partial charge in [-0.1, -0.05) is 60.7 Å². The number of nitrogens with zero attached hydrogens (tertiary/aromatic N) is 1. The summed E-state index contributed by atoms with van der Waals surface area (Å²) in [7, 11) is 0. The van der Waals surface area contributed by atoms with Crippen molar-refractivity contribution in [1.29, 1.82) is 0 Å². The fourth-order valence-corrected chi connectivity index (χ4v) is 2.46. The van der Waals surface area contributed by atoms with E-state index in [0.29, 0.717) is 13.1 Å². The predicted molar refractivity (Wildman–Crippen MR) is 85.4 cm³/mol. The zero-order valence-electron chi connectivity index (χ0n) is 12.6. The van der Waals surface area contributed by atoms with Gasteiger partial charge in [-0.15, -0.1) is 0 Å². The van der Waals surface area contributed by atoms with Crippen LogP contribution in [0.1, 0.15) is 11.1 Å². The maximum absolute atomic E-state index is 12.0. The minimum atomic E-state index is -0.563. The number of benzene rings is 2. The molecule has 2 aromatic rings. The minimum absolute atomic E-state index is 0.0782. The van der Waals surface area contributed by atoms with Crippen molar-refractivity contribution in [2.45, 2.75) is 19.2 Å². The first-order valence-electron chi connectivity index (χ1n) is 7.52. The molecule has 0 saturated carbocycles. The van der Waals surface area contributed by atoms with E-state index >= 15 is 0 Å².